The van der Waals surface area contributed by atoms with Gasteiger partial charge in [-0.25, -0.2) is 9.56 Å². The van der Waals surface area contributed by atoms with Gasteiger partial charge in [0.2, 0.25) is 5.36 Å². The number of aromatic nitrogens is 1. The van der Waals surface area contributed by atoms with Crippen LogP contribution in [0.2, 0.25) is 0 Å². The standard InChI is InChI=1S/C24H29BrN3S/c1-24(2,3)18-12-16(27-8-4-5-9-27)14-20-22(18)26-23-19(25)13-17(15-21(23)29-20)28-10-6-7-11-28/h12-15H,4-11H2,1-3H3/q+1. The van der Waals surface area contributed by atoms with Crippen molar-refractivity contribution in [3.8, 4) is 10.6 Å². The smallest absolute Gasteiger partial charge is 0.202 e. The van der Waals surface area contributed by atoms with Gasteiger partial charge in [-0.1, -0.05) is 20.8 Å². The van der Waals surface area contributed by atoms with Crippen molar-refractivity contribution in [3.05, 3.63) is 39.7 Å². The summed E-state index contributed by atoms with van der Waals surface area (Å²) in [6.07, 6.45) is 5.19. The van der Waals surface area contributed by atoms with E-state index in [1.807, 2.05) is 11.3 Å². The van der Waals surface area contributed by atoms with Crippen molar-refractivity contribution in [2.45, 2.75) is 51.9 Å². The number of hydrogen-bond acceptors (Lipinski definition) is 3. The molecular weight excluding hydrogens is 442 g/mol. The van der Waals surface area contributed by atoms with Gasteiger partial charge >= 0.3 is 0 Å². The number of rotatable bonds is 1. The monoisotopic (exact) mass is 470 g/mol. The zero-order chi connectivity index (χ0) is 20.2. The molecule has 3 heterocycles. The van der Waals surface area contributed by atoms with E-state index in [9.17, 15) is 0 Å². The van der Waals surface area contributed by atoms with Gasteiger partial charge in [-0.05, 0) is 51.9 Å². The van der Waals surface area contributed by atoms with Crippen molar-refractivity contribution >= 4 is 43.2 Å². The molecule has 2 saturated heterocycles. The van der Waals surface area contributed by atoms with Crippen LogP contribution in [0.3, 0.4) is 0 Å². The van der Waals surface area contributed by atoms with Gasteiger partial charge in [-0.3, -0.25) is 0 Å². The number of hydrogen-bond donors (Lipinski definition) is 0. The fourth-order valence-electron chi connectivity index (χ4n) is 4.65. The molecule has 0 saturated carbocycles. The molecule has 5 rings (SSSR count). The minimum atomic E-state index is 0.0589. The van der Waals surface area contributed by atoms with Gasteiger partial charge in [-0.15, -0.1) is 11.3 Å². The molecule has 4 aliphatic rings. The first-order chi connectivity index (χ1) is 13.9. The molecule has 0 aromatic heterocycles. The van der Waals surface area contributed by atoms with Crippen molar-refractivity contribution in [2.75, 3.05) is 31.1 Å². The van der Waals surface area contributed by atoms with Crippen molar-refractivity contribution in [3.63, 3.8) is 0 Å². The summed E-state index contributed by atoms with van der Waals surface area (Å²) in [5.74, 6) is 0. The molecule has 1 aromatic rings. The molecule has 5 heteroatoms. The Kier molecular flexibility index (Phi) is 4.94. The van der Waals surface area contributed by atoms with Crippen LogP contribution in [-0.2, 0) is 5.41 Å². The number of fused-ring (bicyclic) bond motifs is 2. The maximum absolute atomic E-state index is 5.21. The van der Waals surface area contributed by atoms with Crippen molar-refractivity contribution in [1.82, 2.24) is 9.56 Å². The molecule has 0 amide bonds. The molecule has 0 atom stereocenters. The Balaban J connectivity index is 1.79. The highest BCUT2D eigenvalue weighted by molar-refractivity contribution is 9.10. The summed E-state index contributed by atoms with van der Waals surface area (Å²) < 4.78 is 4.92. The average molecular weight is 471 g/mol. The molecule has 3 aliphatic heterocycles. The van der Waals surface area contributed by atoms with Crippen LogP contribution in [0.25, 0.3) is 20.8 Å². The molecule has 1 aromatic carbocycles. The van der Waals surface area contributed by atoms with Crippen LogP contribution in [0.15, 0.2) is 28.7 Å². The largest absolute Gasteiger partial charge is 0.371 e. The van der Waals surface area contributed by atoms with Gasteiger partial charge in [0.05, 0.1) is 25.3 Å². The molecule has 3 nitrogen and oxygen atoms in total. The van der Waals surface area contributed by atoms with E-state index in [0.717, 1.165) is 28.8 Å². The maximum Gasteiger partial charge on any atom is 0.202 e. The van der Waals surface area contributed by atoms with Crippen molar-refractivity contribution in [2.24, 2.45) is 0 Å². The van der Waals surface area contributed by atoms with Gasteiger partial charge < -0.3 is 4.90 Å². The van der Waals surface area contributed by atoms with Crippen LogP contribution < -0.4 is 14.8 Å². The number of anilines is 1. The molecule has 0 bridgehead atoms. The second-order valence-corrected chi connectivity index (χ2v) is 11.4. The van der Waals surface area contributed by atoms with Crippen LogP contribution in [0.1, 0.15) is 52.0 Å². The third kappa shape index (κ3) is 3.61. The summed E-state index contributed by atoms with van der Waals surface area (Å²) in [6.45, 7) is 11.6. The lowest BCUT2D eigenvalue weighted by molar-refractivity contribution is 0.594. The third-order valence-corrected chi connectivity index (χ3v) is 7.93. The Morgan fingerprint density at radius 2 is 1.72 bits per heavy atom. The Labute approximate surface area is 185 Å². The predicted octanol–water partition coefficient (Wildman–Crippen LogP) is 5.63. The van der Waals surface area contributed by atoms with E-state index in [1.54, 1.807) is 0 Å². The third-order valence-electron chi connectivity index (χ3n) is 6.27. The lowest BCUT2D eigenvalue weighted by atomic mass is 9.86. The normalized spacial score (nSPS) is 17.8. The van der Waals surface area contributed by atoms with Gasteiger partial charge in [0.25, 0.3) is 0 Å². The van der Waals surface area contributed by atoms with Crippen LogP contribution in [0, 0.1) is 0 Å². The zero-order valence-corrected chi connectivity index (χ0v) is 20.0. The maximum atomic E-state index is 5.21. The molecule has 0 spiro atoms. The van der Waals surface area contributed by atoms with E-state index in [-0.39, 0.29) is 5.41 Å². The molecule has 29 heavy (non-hydrogen) atoms. The molecular formula is C24H29BrN3S+. The van der Waals surface area contributed by atoms with E-state index < -0.39 is 0 Å². The Bertz CT molecular complexity index is 1110. The second-order valence-electron chi connectivity index (χ2n) is 9.47. The summed E-state index contributed by atoms with van der Waals surface area (Å²) in [5, 5.41) is 1.33. The first kappa shape index (κ1) is 19.5. The van der Waals surface area contributed by atoms with E-state index in [2.05, 4.69) is 70.4 Å². The quantitative estimate of drug-likeness (QED) is 0.339. The SMILES string of the molecule is CC(C)(C)c1cc(N2CCCC2)cc2sc3cc(=[N+]4CCCC4)cc(Br)c-3nc12. The average Bonchev–Trinajstić information content (AvgIpc) is 3.38. The van der Waals surface area contributed by atoms with E-state index in [0.29, 0.717) is 0 Å². The first-order valence-electron chi connectivity index (χ1n) is 10.8. The van der Waals surface area contributed by atoms with Crippen molar-refractivity contribution in [1.29, 1.82) is 0 Å². The highest BCUT2D eigenvalue weighted by Gasteiger charge is 2.24. The van der Waals surface area contributed by atoms with Crippen LogP contribution in [-0.4, -0.2) is 31.2 Å². The van der Waals surface area contributed by atoms with E-state index >= 15 is 0 Å². The Morgan fingerprint density at radius 3 is 2.41 bits per heavy atom. The molecule has 0 unspecified atom stereocenters. The summed E-state index contributed by atoms with van der Waals surface area (Å²) in [7, 11) is 0. The van der Waals surface area contributed by atoms with Crippen molar-refractivity contribution < 1.29 is 0 Å². The number of nitrogens with zero attached hydrogens (tertiary/aromatic N) is 3. The number of benzene rings is 2. The topological polar surface area (TPSA) is 19.1 Å². The predicted molar refractivity (Wildman–Crippen MR) is 128 cm³/mol. The van der Waals surface area contributed by atoms with Gasteiger partial charge in [-0.2, -0.15) is 0 Å². The molecule has 0 radical (unpaired) electrons. The minimum Gasteiger partial charge on any atom is -0.371 e. The first-order valence-corrected chi connectivity index (χ1v) is 12.4. The fourth-order valence-corrected chi connectivity index (χ4v) is 6.42. The summed E-state index contributed by atoms with van der Waals surface area (Å²) in [6, 6.07) is 9.38. The highest BCUT2D eigenvalue weighted by Crippen LogP contribution is 2.40. The van der Waals surface area contributed by atoms with Gasteiger partial charge in [0.15, 0.2) is 0 Å². The summed E-state index contributed by atoms with van der Waals surface area (Å²) >= 11 is 5.73. The van der Waals surface area contributed by atoms with Crippen LogP contribution in [0.5, 0.6) is 0 Å². The molecule has 152 valence electrons. The lowest BCUT2D eigenvalue weighted by Crippen LogP contribution is -2.27. The lowest BCUT2D eigenvalue weighted by Gasteiger charge is -2.26. The fraction of sp³-hybridized carbons (Fsp3) is 0.500. The molecule has 2 fully saturated rings. The van der Waals surface area contributed by atoms with Crippen LogP contribution >= 0.6 is 27.3 Å². The van der Waals surface area contributed by atoms with Gasteiger partial charge in [0.1, 0.15) is 13.1 Å². The summed E-state index contributed by atoms with van der Waals surface area (Å²) in [4.78, 5) is 9.02. The minimum absolute atomic E-state index is 0.0589. The Hall–Kier alpha value is -1.46. The zero-order valence-electron chi connectivity index (χ0n) is 17.6. The van der Waals surface area contributed by atoms with Gasteiger partial charge in [0, 0.05) is 43.8 Å². The van der Waals surface area contributed by atoms with E-state index in [1.165, 1.54) is 65.0 Å². The Morgan fingerprint density at radius 1 is 1.00 bits per heavy atom. The number of halogens is 1. The van der Waals surface area contributed by atoms with E-state index in [4.69, 9.17) is 4.98 Å². The van der Waals surface area contributed by atoms with Crippen LogP contribution in [0.4, 0.5) is 5.69 Å². The summed E-state index contributed by atoms with van der Waals surface area (Å²) in [5.41, 5.74) is 5.03. The second kappa shape index (κ2) is 7.35. The molecule has 1 aliphatic carbocycles. The molecule has 0 N–H and O–H groups in total. The highest BCUT2D eigenvalue weighted by atomic mass is 79.9.